The summed E-state index contributed by atoms with van der Waals surface area (Å²) in [6.07, 6.45) is 1.91. The normalized spacial score (nSPS) is 17.2. The Morgan fingerprint density at radius 2 is 1.81 bits per heavy atom. The van der Waals surface area contributed by atoms with E-state index < -0.39 is 0 Å². The van der Waals surface area contributed by atoms with Crippen molar-refractivity contribution in [3.8, 4) is 5.75 Å². The minimum Gasteiger partial charge on any atom is -0.487 e. The zero-order chi connectivity index (χ0) is 19.6. The van der Waals surface area contributed by atoms with Crippen LogP contribution in [0.25, 0.3) is 6.08 Å². The van der Waals surface area contributed by atoms with E-state index in [0.717, 1.165) is 24.0 Å². The van der Waals surface area contributed by atoms with Gasteiger partial charge in [0.05, 0.1) is 12.0 Å². The summed E-state index contributed by atoms with van der Waals surface area (Å²) >= 11 is 5.96. The number of halogens is 2. The topological polar surface area (TPSA) is 41.9 Å². The molecule has 0 radical (unpaired) electrons. The number of thioether (sulfide) groups is 1. The number of ether oxygens (including phenoxy) is 1. The fraction of sp³-hybridized carbons (Fsp3) is 0.200. The van der Waals surface area contributed by atoms with Gasteiger partial charge in [0, 0.05) is 14.1 Å². The van der Waals surface area contributed by atoms with Gasteiger partial charge in [-0.15, -0.1) is 0 Å². The fourth-order valence-corrected chi connectivity index (χ4v) is 5.60. The number of nitrogens with zero attached hydrogens (tertiary/aromatic N) is 2. The average molecular weight is 604 g/mol. The van der Waals surface area contributed by atoms with Crippen LogP contribution in [0.3, 0.4) is 0 Å². The van der Waals surface area contributed by atoms with Gasteiger partial charge in [-0.1, -0.05) is 29.8 Å². The number of carbonyl (C=O) groups is 1. The summed E-state index contributed by atoms with van der Waals surface area (Å²) in [7, 11) is 3.44. The molecule has 1 aliphatic rings. The molecule has 1 saturated heterocycles. The smallest absolute Gasteiger partial charge is 0.266 e. The van der Waals surface area contributed by atoms with E-state index in [2.05, 4.69) is 81.4 Å². The van der Waals surface area contributed by atoms with E-state index in [1.165, 1.54) is 17.3 Å². The maximum Gasteiger partial charge on any atom is 0.266 e. The highest BCUT2D eigenvalue weighted by Gasteiger charge is 2.29. The Kier molecular flexibility index (Phi) is 6.85. The molecule has 0 aliphatic carbocycles. The third-order valence-electron chi connectivity index (χ3n) is 4.02. The molecule has 0 aromatic heterocycles. The molecule has 1 aliphatic heterocycles. The van der Waals surface area contributed by atoms with Crippen molar-refractivity contribution in [2.45, 2.75) is 13.5 Å². The summed E-state index contributed by atoms with van der Waals surface area (Å²) in [5.41, 5.74) is 3.36. The molecule has 0 spiro atoms. The van der Waals surface area contributed by atoms with Crippen LogP contribution in [0.15, 0.2) is 46.3 Å². The third kappa shape index (κ3) is 4.86. The molecule has 1 heterocycles. The van der Waals surface area contributed by atoms with E-state index in [-0.39, 0.29) is 5.91 Å². The number of rotatable bonds is 4. The summed E-state index contributed by atoms with van der Waals surface area (Å²) in [5, 5.41) is 0.716. The van der Waals surface area contributed by atoms with Crippen molar-refractivity contribution in [2.75, 3.05) is 14.1 Å². The molecule has 1 amide bonds. The van der Waals surface area contributed by atoms with Crippen LogP contribution in [0.2, 0.25) is 0 Å². The van der Waals surface area contributed by atoms with Gasteiger partial charge in [0.15, 0.2) is 5.17 Å². The first-order chi connectivity index (χ1) is 12.9. The second kappa shape index (κ2) is 8.95. The summed E-state index contributed by atoms with van der Waals surface area (Å²) < 4.78 is 8.10. The van der Waals surface area contributed by atoms with Crippen LogP contribution in [0.4, 0.5) is 0 Å². The molecule has 4 nitrogen and oxygen atoms in total. The molecule has 2 aromatic carbocycles. The minimum atomic E-state index is -0.0229. The van der Waals surface area contributed by atoms with Crippen molar-refractivity contribution in [1.82, 2.24) is 4.90 Å². The second-order valence-corrected chi connectivity index (χ2v) is 9.40. The highest BCUT2D eigenvalue weighted by molar-refractivity contribution is 14.1. The number of aryl methyl sites for hydroxylation is 1. The first-order valence-corrected chi connectivity index (χ1v) is 11.2. The van der Waals surface area contributed by atoms with Crippen molar-refractivity contribution in [2.24, 2.45) is 4.99 Å². The maximum atomic E-state index is 12.3. The highest BCUT2D eigenvalue weighted by atomic mass is 127. The van der Waals surface area contributed by atoms with Crippen LogP contribution >= 0.6 is 56.9 Å². The largest absolute Gasteiger partial charge is 0.487 e. The Hall–Kier alpha value is -1.07. The Bertz CT molecular complexity index is 916. The summed E-state index contributed by atoms with van der Waals surface area (Å²) in [6.45, 7) is 2.60. The van der Waals surface area contributed by atoms with Crippen LogP contribution in [-0.2, 0) is 11.4 Å². The molecule has 0 N–H and O–H groups in total. The number of aliphatic imine (C=N–C) groups is 1. The van der Waals surface area contributed by atoms with Crippen LogP contribution in [0, 0.1) is 14.1 Å². The zero-order valence-electron chi connectivity index (χ0n) is 15.1. The van der Waals surface area contributed by atoms with Crippen LogP contribution in [0.5, 0.6) is 5.75 Å². The number of benzene rings is 2. The monoisotopic (exact) mass is 604 g/mol. The lowest BCUT2D eigenvalue weighted by atomic mass is 10.1. The van der Waals surface area contributed by atoms with Crippen molar-refractivity contribution in [3.05, 3.63) is 65.1 Å². The predicted octanol–water partition coefficient (Wildman–Crippen LogP) is 5.32. The molecule has 3 rings (SSSR count). The number of amidine groups is 1. The van der Waals surface area contributed by atoms with Gasteiger partial charge in [0.1, 0.15) is 12.4 Å². The van der Waals surface area contributed by atoms with Gasteiger partial charge < -0.3 is 4.74 Å². The predicted molar refractivity (Wildman–Crippen MR) is 129 cm³/mol. The van der Waals surface area contributed by atoms with Gasteiger partial charge in [-0.2, -0.15) is 0 Å². The first kappa shape index (κ1) is 20.7. The molecule has 0 bridgehead atoms. The van der Waals surface area contributed by atoms with Gasteiger partial charge in [-0.3, -0.25) is 14.7 Å². The molecule has 27 heavy (non-hydrogen) atoms. The Labute approximate surface area is 190 Å². The lowest BCUT2D eigenvalue weighted by Crippen LogP contribution is -2.23. The standard InChI is InChI=1S/C20H18I2N2O2S/c1-12-4-6-13(7-5-12)11-26-18-15(21)8-14(9-16(18)22)10-17-19(25)24(3)20(23-2)27-17/h4-10H,11H2,1-3H3/b17-10+,23-20?. The van der Waals surface area contributed by atoms with Crippen LogP contribution in [0.1, 0.15) is 16.7 Å². The Balaban J connectivity index is 1.80. The fourth-order valence-electron chi connectivity index (χ4n) is 2.54. The SMILES string of the molecule is CN=C1S/C(=C/c2cc(I)c(OCc3ccc(C)cc3)c(I)c2)C(=O)N1C. The quantitative estimate of drug-likeness (QED) is 0.351. The molecule has 2 aromatic rings. The summed E-state index contributed by atoms with van der Waals surface area (Å²) in [5.74, 6) is 0.850. The van der Waals surface area contributed by atoms with Gasteiger partial charge in [-0.25, -0.2) is 0 Å². The van der Waals surface area contributed by atoms with E-state index in [1.807, 2.05) is 18.2 Å². The number of amides is 1. The summed E-state index contributed by atoms with van der Waals surface area (Å²) in [4.78, 5) is 18.7. The minimum absolute atomic E-state index is 0.0229. The molecule has 0 saturated carbocycles. The maximum absolute atomic E-state index is 12.3. The molecule has 1 fully saturated rings. The van der Waals surface area contributed by atoms with Gasteiger partial charge in [0.2, 0.25) is 0 Å². The number of carbonyl (C=O) groups excluding carboxylic acids is 1. The van der Waals surface area contributed by atoms with Crippen LogP contribution < -0.4 is 4.74 Å². The number of hydrogen-bond acceptors (Lipinski definition) is 4. The third-order valence-corrected chi connectivity index (χ3v) is 6.77. The molecule has 7 heteroatoms. The van der Waals surface area contributed by atoms with E-state index in [0.29, 0.717) is 16.7 Å². The van der Waals surface area contributed by atoms with Crippen LogP contribution in [-0.4, -0.2) is 30.1 Å². The Morgan fingerprint density at radius 1 is 1.19 bits per heavy atom. The lowest BCUT2D eigenvalue weighted by molar-refractivity contribution is -0.121. The van der Waals surface area contributed by atoms with E-state index in [4.69, 9.17) is 4.74 Å². The molecule has 0 unspecified atom stereocenters. The second-order valence-electron chi connectivity index (χ2n) is 6.07. The van der Waals surface area contributed by atoms with Crippen molar-refractivity contribution in [1.29, 1.82) is 0 Å². The number of likely N-dealkylation sites (N-methyl/N-ethyl adjacent to an activating group) is 1. The molecule has 140 valence electrons. The molecule has 0 atom stereocenters. The first-order valence-electron chi connectivity index (χ1n) is 8.21. The van der Waals surface area contributed by atoms with Gasteiger partial charge >= 0.3 is 0 Å². The Morgan fingerprint density at radius 3 is 2.37 bits per heavy atom. The molecular weight excluding hydrogens is 586 g/mol. The molecular formula is C20H18I2N2O2S. The van der Waals surface area contributed by atoms with Gasteiger partial charge in [-0.05, 0) is 93.2 Å². The average Bonchev–Trinajstić information content (AvgIpc) is 2.90. The van der Waals surface area contributed by atoms with E-state index in [1.54, 1.807) is 19.0 Å². The van der Waals surface area contributed by atoms with Crippen molar-refractivity contribution in [3.63, 3.8) is 0 Å². The zero-order valence-corrected chi connectivity index (χ0v) is 20.3. The van der Waals surface area contributed by atoms with E-state index >= 15 is 0 Å². The van der Waals surface area contributed by atoms with Crippen molar-refractivity contribution >= 4 is 74.1 Å². The lowest BCUT2D eigenvalue weighted by Gasteiger charge is -2.12. The summed E-state index contributed by atoms with van der Waals surface area (Å²) in [6, 6.07) is 12.4. The number of hydrogen-bond donors (Lipinski definition) is 0. The van der Waals surface area contributed by atoms with Crippen molar-refractivity contribution < 1.29 is 9.53 Å². The highest BCUT2D eigenvalue weighted by Crippen LogP contribution is 2.34. The van der Waals surface area contributed by atoms with E-state index in [9.17, 15) is 4.79 Å². The van der Waals surface area contributed by atoms with Gasteiger partial charge in [0.25, 0.3) is 5.91 Å².